The smallest absolute Gasteiger partial charge is 0.306 e. The first-order valence-corrected chi connectivity index (χ1v) is 5.73. The molecule has 1 aliphatic carbocycles. The van der Waals surface area contributed by atoms with E-state index >= 15 is 0 Å². The lowest BCUT2D eigenvalue weighted by atomic mass is 9.73. The van der Waals surface area contributed by atoms with Crippen LogP contribution in [0.5, 0.6) is 0 Å². The van der Waals surface area contributed by atoms with Crippen LogP contribution in [0, 0.1) is 23.7 Å². The molecular weight excluding hydrogens is 176 g/mol. The summed E-state index contributed by atoms with van der Waals surface area (Å²) in [7, 11) is 0. The third-order valence-corrected chi connectivity index (χ3v) is 3.82. The Bertz CT molecular complexity index is 200. The quantitative estimate of drug-likeness (QED) is 0.756. The van der Waals surface area contributed by atoms with Crippen LogP contribution in [0.2, 0.25) is 0 Å². The van der Waals surface area contributed by atoms with Crippen molar-refractivity contribution in [3.8, 4) is 0 Å². The molecule has 0 aromatic heterocycles. The first-order valence-electron chi connectivity index (χ1n) is 5.73. The van der Waals surface area contributed by atoms with Gasteiger partial charge in [-0.05, 0) is 30.6 Å². The highest BCUT2D eigenvalue weighted by atomic mass is 16.4. The zero-order chi connectivity index (χ0) is 10.7. The maximum absolute atomic E-state index is 10.7. The summed E-state index contributed by atoms with van der Waals surface area (Å²) in [6, 6.07) is 0. The molecular formula is C12H22O2. The molecule has 0 radical (unpaired) electrons. The van der Waals surface area contributed by atoms with Crippen molar-refractivity contribution >= 4 is 5.97 Å². The van der Waals surface area contributed by atoms with Gasteiger partial charge in [-0.3, -0.25) is 4.79 Å². The van der Waals surface area contributed by atoms with Crippen LogP contribution in [-0.4, -0.2) is 11.1 Å². The molecule has 2 nitrogen and oxygen atoms in total. The van der Waals surface area contributed by atoms with E-state index in [2.05, 4.69) is 13.8 Å². The Kier molecular flexibility index (Phi) is 3.97. The molecule has 4 atom stereocenters. The third-order valence-electron chi connectivity index (χ3n) is 3.82. The minimum Gasteiger partial charge on any atom is -0.481 e. The van der Waals surface area contributed by atoms with Gasteiger partial charge in [0.05, 0.1) is 5.92 Å². The molecule has 1 saturated carbocycles. The van der Waals surface area contributed by atoms with Crippen LogP contribution < -0.4 is 0 Å². The van der Waals surface area contributed by atoms with E-state index in [9.17, 15) is 4.79 Å². The van der Waals surface area contributed by atoms with Crippen LogP contribution >= 0.6 is 0 Å². The van der Waals surface area contributed by atoms with Crippen LogP contribution in [0.4, 0.5) is 0 Å². The summed E-state index contributed by atoms with van der Waals surface area (Å²) in [6.07, 6.45) is 4.59. The zero-order valence-electron chi connectivity index (χ0n) is 9.49. The van der Waals surface area contributed by atoms with Crippen molar-refractivity contribution in [1.29, 1.82) is 0 Å². The fourth-order valence-corrected chi connectivity index (χ4v) is 2.47. The molecule has 1 N–H and O–H groups in total. The van der Waals surface area contributed by atoms with E-state index in [4.69, 9.17) is 5.11 Å². The number of aliphatic carboxylic acids is 1. The zero-order valence-corrected chi connectivity index (χ0v) is 9.49. The Morgan fingerprint density at radius 2 is 2.00 bits per heavy atom. The van der Waals surface area contributed by atoms with Crippen molar-refractivity contribution in [2.24, 2.45) is 23.7 Å². The topological polar surface area (TPSA) is 37.3 Å². The molecule has 1 fully saturated rings. The van der Waals surface area contributed by atoms with Crippen molar-refractivity contribution in [3.05, 3.63) is 0 Å². The fourth-order valence-electron chi connectivity index (χ4n) is 2.47. The summed E-state index contributed by atoms with van der Waals surface area (Å²) in [6.45, 7) is 6.43. The molecule has 0 spiro atoms. The van der Waals surface area contributed by atoms with Gasteiger partial charge in [-0.1, -0.05) is 33.6 Å². The Balaban J connectivity index is 2.36. The Hall–Kier alpha value is -0.530. The monoisotopic (exact) mass is 198 g/mol. The third kappa shape index (κ3) is 3.00. The van der Waals surface area contributed by atoms with Crippen LogP contribution in [0.1, 0.15) is 46.5 Å². The van der Waals surface area contributed by atoms with Gasteiger partial charge in [0.25, 0.3) is 0 Å². The lowest BCUT2D eigenvalue weighted by molar-refractivity contribution is -0.141. The average molecular weight is 198 g/mol. The normalized spacial score (nSPS) is 35.2. The van der Waals surface area contributed by atoms with Crippen molar-refractivity contribution in [3.63, 3.8) is 0 Å². The lowest BCUT2D eigenvalue weighted by Crippen LogP contribution is -2.24. The molecule has 0 amide bonds. The predicted octanol–water partition coefficient (Wildman–Crippen LogP) is 3.17. The van der Waals surface area contributed by atoms with Gasteiger partial charge in [0, 0.05) is 0 Å². The Morgan fingerprint density at radius 3 is 2.50 bits per heavy atom. The van der Waals surface area contributed by atoms with Crippen molar-refractivity contribution in [1.82, 2.24) is 0 Å². The molecule has 1 aliphatic rings. The first kappa shape index (κ1) is 11.5. The second-order valence-electron chi connectivity index (χ2n) is 5.11. The second kappa shape index (κ2) is 4.81. The van der Waals surface area contributed by atoms with E-state index in [1.165, 1.54) is 19.3 Å². The number of hydrogen-bond acceptors (Lipinski definition) is 1. The lowest BCUT2D eigenvalue weighted by Gasteiger charge is -2.32. The summed E-state index contributed by atoms with van der Waals surface area (Å²) in [5, 5.41) is 8.83. The minimum absolute atomic E-state index is 0.166. The Morgan fingerprint density at radius 1 is 1.36 bits per heavy atom. The van der Waals surface area contributed by atoms with Gasteiger partial charge >= 0.3 is 5.97 Å². The molecule has 14 heavy (non-hydrogen) atoms. The van der Waals surface area contributed by atoms with E-state index in [-0.39, 0.29) is 5.92 Å². The highest BCUT2D eigenvalue weighted by Crippen LogP contribution is 2.36. The highest BCUT2D eigenvalue weighted by Gasteiger charge is 2.26. The molecule has 0 aromatic rings. The number of hydrogen-bond donors (Lipinski definition) is 1. The standard InChI is InChI=1S/C12H22O2/c1-8-4-5-11(6-9(8)2)7-10(3)12(13)14/h8-11H,4-7H2,1-3H3,(H,13,14). The van der Waals surface area contributed by atoms with Gasteiger partial charge in [0.1, 0.15) is 0 Å². The summed E-state index contributed by atoms with van der Waals surface area (Å²) in [4.78, 5) is 10.7. The van der Waals surface area contributed by atoms with Crippen LogP contribution in [0.3, 0.4) is 0 Å². The van der Waals surface area contributed by atoms with Gasteiger partial charge in [-0.2, -0.15) is 0 Å². The van der Waals surface area contributed by atoms with Crippen molar-refractivity contribution in [2.45, 2.75) is 46.5 Å². The first-order chi connectivity index (χ1) is 6.50. The van der Waals surface area contributed by atoms with Crippen molar-refractivity contribution < 1.29 is 9.90 Å². The Labute approximate surface area is 86.7 Å². The molecule has 0 heterocycles. The SMILES string of the molecule is CC(CC1CCC(C)C(C)C1)C(=O)O. The second-order valence-corrected chi connectivity index (χ2v) is 5.11. The maximum Gasteiger partial charge on any atom is 0.306 e. The molecule has 0 saturated heterocycles. The van der Waals surface area contributed by atoms with Crippen LogP contribution in [-0.2, 0) is 4.79 Å². The van der Waals surface area contributed by atoms with E-state index in [1.54, 1.807) is 0 Å². The van der Waals surface area contributed by atoms with Gasteiger partial charge in [-0.25, -0.2) is 0 Å². The molecule has 0 bridgehead atoms. The van der Waals surface area contributed by atoms with E-state index in [0.29, 0.717) is 5.92 Å². The van der Waals surface area contributed by atoms with Gasteiger partial charge in [0.15, 0.2) is 0 Å². The summed E-state index contributed by atoms with van der Waals surface area (Å²) in [5.41, 5.74) is 0. The largest absolute Gasteiger partial charge is 0.481 e. The number of carboxylic acid groups (broad SMARTS) is 1. The number of rotatable bonds is 3. The molecule has 0 aliphatic heterocycles. The van der Waals surface area contributed by atoms with E-state index < -0.39 is 5.97 Å². The number of carboxylic acids is 1. The van der Waals surface area contributed by atoms with Crippen molar-refractivity contribution in [2.75, 3.05) is 0 Å². The minimum atomic E-state index is -0.642. The summed E-state index contributed by atoms with van der Waals surface area (Å²) in [5.74, 6) is 1.44. The van der Waals surface area contributed by atoms with E-state index in [1.807, 2.05) is 6.92 Å². The molecule has 82 valence electrons. The maximum atomic E-state index is 10.7. The van der Waals surface area contributed by atoms with Gasteiger partial charge in [0.2, 0.25) is 0 Å². The molecule has 1 rings (SSSR count). The number of carbonyl (C=O) groups is 1. The highest BCUT2D eigenvalue weighted by molar-refractivity contribution is 5.69. The predicted molar refractivity (Wildman–Crippen MR) is 57.1 cm³/mol. The van der Waals surface area contributed by atoms with Crippen LogP contribution in [0.25, 0.3) is 0 Å². The van der Waals surface area contributed by atoms with Gasteiger partial charge in [-0.15, -0.1) is 0 Å². The van der Waals surface area contributed by atoms with Crippen LogP contribution in [0.15, 0.2) is 0 Å². The van der Waals surface area contributed by atoms with Gasteiger partial charge < -0.3 is 5.11 Å². The van der Waals surface area contributed by atoms with E-state index in [0.717, 1.165) is 18.3 Å². The molecule has 0 aromatic carbocycles. The summed E-state index contributed by atoms with van der Waals surface area (Å²) >= 11 is 0. The molecule has 4 unspecified atom stereocenters. The average Bonchev–Trinajstić information content (AvgIpc) is 2.11. The summed E-state index contributed by atoms with van der Waals surface area (Å²) < 4.78 is 0. The fraction of sp³-hybridized carbons (Fsp3) is 0.917. The molecule has 2 heteroatoms.